The molecule has 4 nitrogen and oxygen atoms in total. The zero-order chi connectivity index (χ0) is 19.0. The van der Waals surface area contributed by atoms with Gasteiger partial charge >= 0.3 is 6.03 Å². The Hall–Kier alpha value is -2.40. The van der Waals surface area contributed by atoms with Gasteiger partial charge in [0, 0.05) is 25.1 Å². The summed E-state index contributed by atoms with van der Waals surface area (Å²) in [5.74, 6) is -0.260. The van der Waals surface area contributed by atoms with Gasteiger partial charge in [-0.2, -0.15) is 0 Å². The van der Waals surface area contributed by atoms with Crippen LogP contribution in [0.3, 0.4) is 0 Å². The van der Waals surface area contributed by atoms with Crippen molar-refractivity contribution in [1.82, 2.24) is 10.6 Å². The molecule has 2 aromatic carbocycles. The van der Waals surface area contributed by atoms with Gasteiger partial charge in [-0.3, -0.25) is 0 Å². The van der Waals surface area contributed by atoms with E-state index in [9.17, 15) is 9.18 Å². The number of hydrogen-bond donors (Lipinski definition) is 2. The highest BCUT2D eigenvalue weighted by Crippen LogP contribution is 2.24. The van der Waals surface area contributed by atoms with E-state index in [2.05, 4.69) is 10.6 Å². The summed E-state index contributed by atoms with van der Waals surface area (Å²) < 4.78 is 19.4. The normalized spacial score (nSPS) is 11.2. The molecule has 0 aromatic heterocycles. The van der Waals surface area contributed by atoms with Gasteiger partial charge in [-0.05, 0) is 29.7 Å². The van der Waals surface area contributed by atoms with Crippen molar-refractivity contribution in [3.63, 3.8) is 0 Å². The third-order valence-corrected chi connectivity index (χ3v) is 4.31. The van der Waals surface area contributed by atoms with Gasteiger partial charge in [0.1, 0.15) is 5.82 Å². The molecule has 140 valence electrons. The molecule has 0 aliphatic rings. The van der Waals surface area contributed by atoms with Crippen molar-refractivity contribution >= 4 is 6.03 Å². The summed E-state index contributed by atoms with van der Waals surface area (Å²) in [5, 5.41) is 5.69. The molecule has 0 fully saturated rings. The molecule has 0 aliphatic carbocycles. The van der Waals surface area contributed by atoms with Gasteiger partial charge in [0.25, 0.3) is 0 Å². The van der Waals surface area contributed by atoms with Crippen molar-refractivity contribution in [3.05, 3.63) is 71.0 Å². The molecule has 2 N–H and O–H groups in total. The second kappa shape index (κ2) is 9.34. The zero-order valence-electron chi connectivity index (χ0n) is 15.6. The third kappa shape index (κ3) is 5.56. The van der Waals surface area contributed by atoms with Crippen LogP contribution in [0.15, 0.2) is 48.5 Å². The first-order chi connectivity index (χ1) is 12.4. The lowest BCUT2D eigenvalue weighted by Gasteiger charge is -2.26. The average Bonchev–Trinajstić information content (AvgIpc) is 2.64. The fraction of sp³-hybridized carbons (Fsp3) is 0.381. The van der Waals surface area contributed by atoms with Crippen LogP contribution < -0.4 is 10.6 Å². The van der Waals surface area contributed by atoms with Crippen LogP contribution in [0.4, 0.5) is 9.18 Å². The minimum atomic E-state index is -0.504. The lowest BCUT2D eigenvalue weighted by molar-refractivity contribution is 0.133. The van der Waals surface area contributed by atoms with Crippen molar-refractivity contribution in [2.75, 3.05) is 13.2 Å². The summed E-state index contributed by atoms with van der Waals surface area (Å²) in [4.78, 5) is 12.2. The number of benzene rings is 2. The predicted octanol–water partition coefficient (Wildman–Crippen LogP) is 4.14. The van der Waals surface area contributed by atoms with Crippen LogP contribution >= 0.6 is 0 Å². The van der Waals surface area contributed by atoms with Crippen LogP contribution in [0.2, 0.25) is 0 Å². The monoisotopic (exact) mass is 358 g/mol. The minimum absolute atomic E-state index is 0.260. The summed E-state index contributed by atoms with van der Waals surface area (Å²) in [6.07, 6.45) is 0. The Labute approximate surface area is 154 Å². The summed E-state index contributed by atoms with van der Waals surface area (Å²) in [6, 6.07) is 14.2. The molecule has 0 spiro atoms. The Balaban J connectivity index is 1.89. The molecular weight excluding hydrogens is 331 g/mol. The van der Waals surface area contributed by atoms with Crippen LogP contribution in [-0.4, -0.2) is 19.2 Å². The van der Waals surface area contributed by atoms with Gasteiger partial charge in [-0.15, -0.1) is 0 Å². The summed E-state index contributed by atoms with van der Waals surface area (Å²) in [5.41, 5.74) is 2.16. The van der Waals surface area contributed by atoms with E-state index in [1.54, 1.807) is 18.2 Å². The second-order valence-corrected chi connectivity index (χ2v) is 6.81. The minimum Gasteiger partial charge on any atom is -0.377 e. The molecule has 2 aromatic rings. The van der Waals surface area contributed by atoms with Gasteiger partial charge < -0.3 is 15.4 Å². The van der Waals surface area contributed by atoms with Crippen molar-refractivity contribution in [2.24, 2.45) is 0 Å². The highest BCUT2D eigenvalue weighted by molar-refractivity contribution is 5.74. The highest BCUT2D eigenvalue weighted by Gasteiger charge is 2.24. The Kier molecular flexibility index (Phi) is 7.16. The molecule has 0 atom stereocenters. The maximum absolute atomic E-state index is 14.0. The second-order valence-electron chi connectivity index (χ2n) is 6.81. The van der Waals surface area contributed by atoms with E-state index in [-0.39, 0.29) is 11.8 Å². The molecule has 0 bridgehead atoms. The molecule has 0 saturated heterocycles. The maximum Gasteiger partial charge on any atom is 0.315 e. The van der Waals surface area contributed by atoms with E-state index < -0.39 is 5.41 Å². The first-order valence-corrected chi connectivity index (χ1v) is 8.85. The Morgan fingerprint density at radius 2 is 1.69 bits per heavy atom. The lowest BCUT2D eigenvalue weighted by Crippen LogP contribution is -2.42. The van der Waals surface area contributed by atoms with Gasteiger partial charge in [0.05, 0.1) is 6.61 Å². The highest BCUT2D eigenvalue weighted by atomic mass is 19.1. The molecule has 26 heavy (non-hydrogen) atoms. The molecule has 0 radical (unpaired) electrons. The van der Waals surface area contributed by atoms with Gasteiger partial charge in [0.2, 0.25) is 0 Å². The first-order valence-electron chi connectivity index (χ1n) is 8.85. The zero-order valence-corrected chi connectivity index (χ0v) is 15.6. The number of amides is 2. The van der Waals surface area contributed by atoms with E-state index >= 15 is 0 Å². The van der Waals surface area contributed by atoms with Crippen LogP contribution in [-0.2, 0) is 23.3 Å². The summed E-state index contributed by atoms with van der Waals surface area (Å²) in [6.45, 7) is 7.68. The first kappa shape index (κ1) is 19.9. The molecule has 5 heteroatoms. The summed E-state index contributed by atoms with van der Waals surface area (Å²) in [7, 11) is 0. The van der Waals surface area contributed by atoms with E-state index in [1.807, 2.05) is 45.0 Å². The molecule has 0 unspecified atom stereocenters. The Morgan fingerprint density at radius 1 is 1.04 bits per heavy atom. The topological polar surface area (TPSA) is 50.4 Å². The van der Waals surface area contributed by atoms with Crippen molar-refractivity contribution in [3.8, 4) is 0 Å². The number of ether oxygens (including phenoxy) is 1. The van der Waals surface area contributed by atoms with E-state index in [0.29, 0.717) is 31.9 Å². The molecule has 2 amide bonds. The number of hydrogen-bond acceptors (Lipinski definition) is 2. The number of halogens is 1. The number of rotatable bonds is 8. The van der Waals surface area contributed by atoms with E-state index in [1.165, 1.54) is 6.07 Å². The van der Waals surface area contributed by atoms with Crippen LogP contribution in [0.25, 0.3) is 0 Å². The van der Waals surface area contributed by atoms with Crippen molar-refractivity contribution in [2.45, 2.75) is 39.3 Å². The average molecular weight is 358 g/mol. The maximum atomic E-state index is 14.0. The molecule has 0 saturated carbocycles. The van der Waals surface area contributed by atoms with Crippen LogP contribution in [0.1, 0.15) is 37.5 Å². The largest absolute Gasteiger partial charge is 0.377 e. The number of carbonyl (C=O) groups is 1. The summed E-state index contributed by atoms with van der Waals surface area (Å²) >= 11 is 0. The fourth-order valence-corrected chi connectivity index (χ4v) is 2.73. The fourth-order valence-electron chi connectivity index (χ4n) is 2.73. The predicted molar refractivity (Wildman–Crippen MR) is 101 cm³/mol. The smallest absolute Gasteiger partial charge is 0.315 e. The Bertz CT molecular complexity index is 731. The van der Waals surface area contributed by atoms with Gasteiger partial charge in [-0.25, -0.2) is 9.18 Å². The third-order valence-electron chi connectivity index (χ3n) is 4.31. The van der Waals surface area contributed by atoms with Crippen LogP contribution in [0.5, 0.6) is 0 Å². The molecule has 0 aliphatic heterocycles. The van der Waals surface area contributed by atoms with Crippen molar-refractivity contribution in [1.29, 1.82) is 0 Å². The standard InChI is InChI=1S/C21H27FN2O2/c1-4-26-14-17-10-6-5-9-16(17)13-23-20(25)24-15-21(2,3)18-11-7-8-12-19(18)22/h5-12H,4,13-15H2,1-3H3,(H2,23,24,25). The number of nitrogens with one attached hydrogen (secondary N) is 2. The lowest BCUT2D eigenvalue weighted by atomic mass is 9.84. The Morgan fingerprint density at radius 3 is 2.38 bits per heavy atom. The van der Waals surface area contributed by atoms with Crippen LogP contribution in [0, 0.1) is 5.82 Å². The number of carbonyl (C=O) groups excluding carboxylic acids is 1. The van der Waals surface area contributed by atoms with E-state index in [4.69, 9.17) is 4.74 Å². The molecular formula is C21H27FN2O2. The SMILES string of the molecule is CCOCc1ccccc1CNC(=O)NCC(C)(C)c1ccccc1F. The number of urea groups is 1. The molecule has 2 rings (SSSR count). The van der Waals surface area contributed by atoms with Gasteiger partial charge in [-0.1, -0.05) is 56.3 Å². The molecule has 0 heterocycles. The van der Waals surface area contributed by atoms with Crippen molar-refractivity contribution < 1.29 is 13.9 Å². The van der Waals surface area contributed by atoms with E-state index in [0.717, 1.165) is 11.1 Å². The quantitative estimate of drug-likeness (QED) is 0.745. The van der Waals surface area contributed by atoms with Gasteiger partial charge in [0.15, 0.2) is 0 Å².